The number of carbonyl (C=O) groups is 1. The molecule has 0 unspecified atom stereocenters. The van der Waals surface area contributed by atoms with Gasteiger partial charge in [0, 0.05) is 27.9 Å². The van der Waals surface area contributed by atoms with E-state index in [4.69, 9.17) is 5.73 Å². The summed E-state index contributed by atoms with van der Waals surface area (Å²) in [7, 11) is 0. The van der Waals surface area contributed by atoms with E-state index in [1.165, 1.54) is 18.5 Å². The monoisotopic (exact) mass is 302 g/mol. The molecule has 2 aromatic rings. The molecular weight excluding hydrogens is 280 g/mol. The van der Waals surface area contributed by atoms with Gasteiger partial charge >= 0.3 is 0 Å². The summed E-state index contributed by atoms with van der Waals surface area (Å²) in [6, 6.07) is 4.71. The number of rotatable bonds is 6. The predicted octanol–water partition coefficient (Wildman–Crippen LogP) is 4.30. The van der Waals surface area contributed by atoms with Gasteiger partial charge in [-0.25, -0.2) is 0 Å². The average molecular weight is 302 g/mol. The van der Waals surface area contributed by atoms with Crippen LogP contribution in [0.1, 0.15) is 60.4 Å². The Labute approximate surface area is 129 Å². The number of carbonyl (C=O) groups excluding carboxylic acids is 1. The molecule has 2 N–H and O–H groups in total. The van der Waals surface area contributed by atoms with Crippen molar-refractivity contribution in [1.29, 1.82) is 0 Å². The first kappa shape index (κ1) is 14.4. The van der Waals surface area contributed by atoms with Gasteiger partial charge in [-0.05, 0) is 44.1 Å². The lowest BCUT2D eigenvalue weighted by atomic mass is 10.0. The molecule has 4 heteroatoms. The Morgan fingerprint density at radius 3 is 2.76 bits per heavy atom. The van der Waals surface area contributed by atoms with Gasteiger partial charge in [-0.2, -0.15) is 0 Å². The van der Waals surface area contributed by atoms with Crippen molar-refractivity contribution in [3.05, 3.63) is 34.5 Å². The van der Waals surface area contributed by atoms with Crippen molar-refractivity contribution in [2.75, 3.05) is 0 Å². The van der Waals surface area contributed by atoms with Gasteiger partial charge in [0.1, 0.15) is 0 Å². The third kappa shape index (κ3) is 2.53. The third-order valence-corrected chi connectivity index (χ3v) is 5.13. The third-order valence-electron chi connectivity index (χ3n) is 4.25. The van der Waals surface area contributed by atoms with Crippen LogP contribution in [0.25, 0.3) is 10.4 Å². The van der Waals surface area contributed by atoms with Crippen LogP contribution in [0.5, 0.6) is 0 Å². The second-order valence-corrected chi connectivity index (χ2v) is 6.78. The van der Waals surface area contributed by atoms with Crippen molar-refractivity contribution in [3.63, 3.8) is 0 Å². The highest BCUT2D eigenvalue weighted by atomic mass is 32.1. The van der Waals surface area contributed by atoms with Gasteiger partial charge in [-0.15, -0.1) is 11.3 Å². The van der Waals surface area contributed by atoms with Gasteiger partial charge in [0.2, 0.25) is 0 Å². The molecule has 1 saturated carbocycles. The summed E-state index contributed by atoms with van der Waals surface area (Å²) in [4.78, 5) is 13.2. The summed E-state index contributed by atoms with van der Waals surface area (Å²) in [6.07, 6.45) is 5.76. The zero-order chi connectivity index (χ0) is 15.0. The lowest BCUT2D eigenvalue weighted by molar-refractivity contribution is 0.1000. The molecule has 1 amide bonds. The number of unbranched alkanes of at least 4 members (excludes halogenated alkanes) is 1. The Morgan fingerprint density at radius 1 is 1.48 bits per heavy atom. The molecule has 1 fully saturated rings. The minimum absolute atomic E-state index is 0.298. The summed E-state index contributed by atoms with van der Waals surface area (Å²) in [5, 5.41) is 2.06. The van der Waals surface area contributed by atoms with Crippen LogP contribution >= 0.6 is 11.3 Å². The molecule has 3 nitrogen and oxygen atoms in total. The van der Waals surface area contributed by atoms with Crippen molar-refractivity contribution in [2.24, 2.45) is 5.73 Å². The number of amides is 1. The van der Waals surface area contributed by atoms with E-state index >= 15 is 0 Å². The van der Waals surface area contributed by atoms with Crippen LogP contribution in [0, 0.1) is 6.92 Å². The van der Waals surface area contributed by atoms with Crippen LogP contribution in [-0.4, -0.2) is 10.5 Å². The number of primary amides is 1. The van der Waals surface area contributed by atoms with E-state index in [2.05, 4.69) is 22.9 Å². The van der Waals surface area contributed by atoms with Crippen molar-refractivity contribution in [3.8, 4) is 10.4 Å². The number of aromatic nitrogens is 1. The second-order valence-electron chi connectivity index (χ2n) is 5.83. The number of thiophene rings is 1. The number of nitrogens with zero attached hydrogens (tertiary/aromatic N) is 1. The van der Waals surface area contributed by atoms with Gasteiger partial charge in [0.25, 0.3) is 5.91 Å². The molecule has 0 aliphatic heterocycles. The molecule has 1 aliphatic rings. The topological polar surface area (TPSA) is 48.0 Å². The number of hydrogen-bond acceptors (Lipinski definition) is 2. The van der Waals surface area contributed by atoms with E-state index in [1.807, 2.05) is 13.0 Å². The number of nitrogens with two attached hydrogens (primary N) is 1. The molecule has 0 bridgehead atoms. The predicted molar refractivity (Wildman–Crippen MR) is 87.9 cm³/mol. The van der Waals surface area contributed by atoms with E-state index < -0.39 is 0 Å². The molecule has 3 rings (SSSR count). The molecule has 0 spiro atoms. The van der Waals surface area contributed by atoms with Crippen LogP contribution in [0.15, 0.2) is 17.5 Å². The molecule has 1 aliphatic carbocycles. The maximum Gasteiger partial charge on any atom is 0.251 e. The van der Waals surface area contributed by atoms with Crippen molar-refractivity contribution >= 4 is 17.2 Å². The van der Waals surface area contributed by atoms with Gasteiger partial charge in [-0.1, -0.05) is 19.4 Å². The molecule has 0 aromatic carbocycles. The van der Waals surface area contributed by atoms with Crippen molar-refractivity contribution < 1.29 is 4.79 Å². The van der Waals surface area contributed by atoms with E-state index in [0.717, 1.165) is 41.0 Å². The zero-order valence-corrected chi connectivity index (χ0v) is 13.5. The highest BCUT2D eigenvalue weighted by Crippen LogP contribution is 2.44. The first-order valence-corrected chi connectivity index (χ1v) is 8.60. The summed E-state index contributed by atoms with van der Waals surface area (Å²) in [5.41, 5.74) is 9.90. The molecule has 0 saturated heterocycles. The Bertz CT molecular complexity index is 651. The molecule has 0 atom stereocenters. The molecule has 2 aromatic heterocycles. The minimum Gasteiger partial charge on any atom is -0.366 e. The molecule has 112 valence electrons. The maximum absolute atomic E-state index is 12.0. The van der Waals surface area contributed by atoms with Crippen LogP contribution in [0.4, 0.5) is 0 Å². The van der Waals surface area contributed by atoms with Crippen LogP contribution in [0.2, 0.25) is 0 Å². The largest absolute Gasteiger partial charge is 0.366 e. The van der Waals surface area contributed by atoms with Crippen molar-refractivity contribution in [1.82, 2.24) is 4.57 Å². The summed E-state index contributed by atoms with van der Waals surface area (Å²) >= 11 is 1.69. The first-order valence-electron chi connectivity index (χ1n) is 7.72. The molecule has 2 heterocycles. The van der Waals surface area contributed by atoms with E-state index in [0.29, 0.717) is 6.04 Å². The Hall–Kier alpha value is -1.55. The van der Waals surface area contributed by atoms with Gasteiger partial charge in [0.15, 0.2) is 0 Å². The Balaban J connectivity index is 2.22. The Kier molecular flexibility index (Phi) is 3.89. The smallest absolute Gasteiger partial charge is 0.251 e. The van der Waals surface area contributed by atoms with Crippen LogP contribution in [0.3, 0.4) is 0 Å². The molecule has 21 heavy (non-hydrogen) atoms. The molecular formula is C17H22N2OS. The summed E-state index contributed by atoms with van der Waals surface area (Å²) in [5.74, 6) is -0.298. The van der Waals surface area contributed by atoms with Crippen LogP contribution < -0.4 is 5.73 Å². The van der Waals surface area contributed by atoms with Gasteiger partial charge in [0.05, 0.1) is 5.56 Å². The fourth-order valence-electron chi connectivity index (χ4n) is 3.17. The second kappa shape index (κ2) is 5.68. The molecule has 0 radical (unpaired) electrons. The lowest BCUT2D eigenvalue weighted by Gasteiger charge is -2.11. The zero-order valence-electron chi connectivity index (χ0n) is 12.7. The van der Waals surface area contributed by atoms with Gasteiger partial charge < -0.3 is 10.3 Å². The summed E-state index contributed by atoms with van der Waals surface area (Å²) < 4.78 is 2.39. The van der Waals surface area contributed by atoms with Crippen LogP contribution in [-0.2, 0) is 6.42 Å². The van der Waals surface area contributed by atoms with Gasteiger partial charge in [-0.3, -0.25) is 4.79 Å². The summed E-state index contributed by atoms with van der Waals surface area (Å²) in [6.45, 7) is 4.25. The van der Waals surface area contributed by atoms with E-state index in [9.17, 15) is 4.79 Å². The number of hydrogen-bond donors (Lipinski definition) is 1. The quantitative estimate of drug-likeness (QED) is 0.849. The SMILES string of the molecule is CCCCc1c(-c2cccs2)c(C(N)=O)c(C)n1C1CC1. The van der Waals surface area contributed by atoms with E-state index in [-0.39, 0.29) is 5.91 Å². The van der Waals surface area contributed by atoms with E-state index in [1.54, 1.807) is 11.3 Å². The average Bonchev–Trinajstić information content (AvgIpc) is 3.04. The Morgan fingerprint density at radius 2 is 2.24 bits per heavy atom. The normalized spacial score (nSPS) is 14.6. The lowest BCUT2D eigenvalue weighted by Crippen LogP contribution is -2.13. The minimum atomic E-state index is -0.298. The highest BCUT2D eigenvalue weighted by Gasteiger charge is 2.32. The standard InChI is InChI=1S/C17H22N2OS/c1-3-4-6-13-16(14-7-5-10-21-14)15(17(18)20)11(2)19(13)12-8-9-12/h5,7,10,12H,3-4,6,8-9H2,1-2H3,(H2,18,20). The first-order chi connectivity index (χ1) is 10.1. The highest BCUT2D eigenvalue weighted by molar-refractivity contribution is 7.13. The maximum atomic E-state index is 12.0. The fourth-order valence-corrected chi connectivity index (χ4v) is 3.97. The van der Waals surface area contributed by atoms with Crippen molar-refractivity contribution in [2.45, 2.75) is 52.0 Å². The fraction of sp³-hybridized carbons (Fsp3) is 0.471.